The van der Waals surface area contributed by atoms with Gasteiger partial charge in [0.25, 0.3) is 0 Å². The van der Waals surface area contributed by atoms with E-state index in [-0.39, 0.29) is 38.2 Å². The number of aliphatic carboxylic acids is 2. The molecule has 8 aliphatic carbocycles. The molecule has 0 spiro atoms. The zero-order valence-corrected chi connectivity index (χ0v) is 44.3. The van der Waals surface area contributed by atoms with Crippen LogP contribution in [-0.4, -0.2) is 60.5 Å². The number of allylic oxidation sites excluding steroid dienone is 8. The Morgan fingerprint density at radius 1 is 0.701 bits per heavy atom. The standard InChI is InChI=1S/C25H33N.C20H31BO2.C5H4BrN.C4H6O5.ClH.Pd/c1-17-10-12-24(2)19(15-17)6-7-20-22-9-8-21(18-5-4-14-26-16-18)25(22,3)13-11-23(20)24;1-13-8-10-19(2)14(12-13)4-5-15-16-6-7-18(21(22)23)20(16,3)11-9-17(15)19;6-5-2-1-3-7-4-5;5-2(4(8)9)1-3(6)7;;/h4-6,8,14,16-17,20,22-23H,7,9-13,15H2,1-3H3;4,7,13,15-17,22-23H,5-6,8-12H2,1-3H3;1-4H;2,5H,1H2,(H,6,7)(H,8,9);1H;/t17-,20?,22?,23?,24-,25+;13-,15?,16?,17?,19-,20-;;;;/m00..../s1. The summed E-state index contributed by atoms with van der Waals surface area (Å²) < 4.78 is 1.02. The molecule has 67 heavy (non-hydrogen) atoms. The number of carboxylic acids is 2. The number of hydrogen-bond donors (Lipinski definition) is 5. The van der Waals surface area contributed by atoms with Crippen molar-refractivity contribution < 1.29 is 55.4 Å². The number of hydrogen-bond acceptors (Lipinski definition) is 7. The van der Waals surface area contributed by atoms with Crippen molar-refractivity contribution in [3.8, 4) is 0 Å². The van der Waals surface area contributed by atoms with Gasteiger partial charge in [0.2, 0.25) is 0 Å². The predicted molar refractivity (Wildman–Crippen MR) is 268 cm³/mol. The van der Waals surface area contributed by atoms with Gasteiger partial charge >= 0.3 is 19.1 Å². The molecule has 13 atom stereocenters. The van der Waals surface area contributed by atoms with Gasteiger partial charge < -0.3 is 25.4 Å². The van der Waals surface area contributed by atoms with Crippen molar-refractivity contribution in [1.29, 1.82) is 0 Å². The molecule has 370 valence electrons. The number of nitrogens with zero attached hydrogens (tertiary/aromatic N) is 2. The zero-order valence-electron chi connectivity index (χ0n) is 40.4. The van der Waals surface area contributed by atoms with Crippen LogP contribution in [0, 0.1) is 69.0 Å². The molecule has 0 amide bonds. The minimum atomic E-state index is -1.79. The van der Waals surface area contributed by atoms with Gasteiger partial charge in [0, 0.05) is 49.7 Å². The van der Waals surface area contributed by atoms with E-state index in [9.17, 15) is 19.6 Å². The molecule has 4 saturated carbocycles. The van der Waals surface area contributed by atoms with E-state index < -0.39 is 31.6 Å². The minimum Gasteiger partial charge on any atom is -0.481 e. The normalized spacial score (nSPS) is 36.6. The van der Waals surface area contributed by atoms with Gasteiger partial charge in [-0.15, -0.1) is 12.4 Å². The Morgan fingerprint density at radius 2 is 1.19 bits per heavy atom. The van der Waals surface area contributed by atoms with E-state index >= 15 is 0 Å². The van der Waals surface area contributed by atoms with Crippen molar-refractivity contribution in [1.82, 2.24) is 9.97 Å². The van der Waals surface area contributed by atoms with Crippen molar-refractivity contribution in [3.63, 3.8) is 0 Å². The Hall–Kier alpha value is -2.42. The fourth-order valence-corrected chi connectivity index (χ4v) is 15.1. The summed E-state index contributed by atoms with van der Waals surface area (Å²) in [5, 5.41) is 43.7. The summed E-state index contributed by atoms with van der Waals surface area (Å²) in [6, 6.07) is 8.18. The average molecular weight is 1100 g/mol. The number of fused-ring (bicyclic) bond motifs is 10. The van der Waals surface area contributed by atoms with Crippen LogP contribution in [0.5, 0.6) is 0 Å². The molecule has 9 nitrogen and oxygen atoms in total. The molecule has 2 heterocycles. The SMILES string of the molecule is Brc1cccnc1.C[C@H]1CC[C@@]2(C)C(=CCC3C2CC[C@]2(C)C(B(O)O)=CCC32)C1.C[C@H]1CC[C@@]2(C)C(=CCC3C2CC[C@]2(C)C(c4cccnc4)=CCC32)C1.Cl.O=C(O)CC(O)C(=O)O.[Pd]. The van der Waals surface area contributed by atoms with Gasteiger partial charge in [-0.2, -0.15) is 0 Å². The van der Waals surface area contributed by atoms with Crippen LogP contribution in [0.15, 0.2) is 94.4 Å². The smallest absolute Gasteiger partial charge is 0.481 e. The van der Waals surface area contributed by atoms with Crippen LogP contribution in [0.4, 0.5) is 0 Å². The topological polar surface area (TPSA) is 161 Å². The number of aliphatic hydroxyl groups excluding tert-OH is 1. The fourth-order valence-electron chi connectivity index (χ4n) is 14.8. The van der Waals surface area contributed by atoms with Crippen LogP contribution in [0.3, 0.4) is 0 Å². The molecular formula is C54H75BBrClN2O7Pd. The van der Waals surface area contributed by atoms with Crippen molar-refractivity contribution in [3.05, 3.63) is 100 Å². The van der Waals surface area contributed by atoms with Crippen LogP contribution in [0.1, 0.15) is 143 Å². The van der Waals surface area contributed by atoms with Gasteiger partial charge in [-0.1, -0.05) is 83.1 Å². The van der Waals surface area contributed by atoms with Crippen LogP contribution < -0.4 is 0 Å². The monoisotopic (exact) mass is 1090 g/mol. The van der Waals surface area contributed by atoms with Crippen molar-refractivity contribution in [2.24, 2.45) is 69.0 Å². The maximum atomic E-state index is 9.79. The number of rotatable bonds is 5. The Balaban J connectivity index is 0.000000187. The van der Waals surface area contributed by atoms with Crippen molar-refractivity contribution in [2.45, 2.75) is 144 Å². The van der Waals surface area contributed by atoms with Gasteiger partial charge in [-0.25, -0.2) is 4.79 Å². The first-order valence-corrected chi connectivity index (χ1v) is 25.4. The predicted octanol–water partition coefficient (Wildman–Crippen LogP) is 12.0. The molecule has 0 radical (unpaired) electrons. The molecule has 5 N–H and O–H groups in total. The summed E-state index contributed by atoms with van der Waals surface area (Å²) in [6.45, 7) is 14.9. The summed E-state index contributed by atoms with van der Waals surface area (Å²) in [5.41, 5.74) is 8.69. The second-order valence-electron chi connectivity index (χ2n) is 22.1. The molecular weight excluding hydrogens is 1020 g/mol. The summed E-state index contributed by atoms with van der Waals surface area (Å²) in [5.74, 6) is 3.64. The second kappa shape index (κ2) is 22.8. The molecule has 2 aromatic rings. The number of aliphatic hydroxyl groups is 1. The maximum absolute atomic E-state index is 9.79. The van der Waals surface area contributed by atoms with Crippen LogP contribution in [0.2, 0.25) is 0 Å². The van der Waals surface area contributed by atoms with Crippen molar-refractivity contribution >= 4 is 53.0 Å². The summed E-state index contributed by atoms with van der Waals surface area (Å²) >= 11 is 3.25. The fraction of sp³-hybridized carbons (Fsp3) is 0.630. The first-order valence-electron chi connectivity index (χ1n) is 24.6. The maximum Gasteiger partial charge on any atom is 0.484 e. The van der Waals surface area contributed by atoms with Crippen LogP contribution in [-0.2, 0) is 30.0 Å². The number of halogens is 2. The quantitative estimate of drug-likeness (QED) is 0.145. The van der Waals surface area contributed by atoms with E-state index in [1.54, 1.807) is 23.5 Å². The first-order chi connectivity index (χ1) is 30.8. The molecule has 0 bridgehead atoms. The average Bonchev–Trinajstić information content (AvgIpc) is 3.82. The van der Waals surface area contributed by atoms with Crippen molar-refractivity contribution in [2.75, 3.05) is 0 Å². The summed E-state index contributed by atoms with van der Waals surface area (Å²) in [7, 11) is -1.26. The number of carbonyl (C=O) groups is 2. The number of pyridine rings is 2. The molecule has 8 aliphatic rings. The Bertz CT molecular complexity index is 2160. The largest absolute Gasteiger partial charge is 0.484 e. The van der Waals surface area contributed by atoms with E-state index in [4.69, 9.17) is 15.3 Å². The Morgan fingerprint density at radius 3 is 1.63 bits per heavy atom. The third-order valence-corrected chi connectivity index (χ3v) is 18.9. The number of aromatic nitrogens is 2. The summed E-state index contributed by atoms with van der Waals surface area (Å²) in [4.78, 5) is 27.7. The molecule has 0 aromatic carbocycles. The van der Waals surface area contributed by atoms with E-state index in [1.807, 2.05) is 23.9 Å². The Kier molecular flexibility index (Phi) is 18.9. The Labute approximate surface area is 428 Å². The van der Waals surface area contributed by atoms with E-state index in [1.165, 1.54) is 82.6 Å². The van der Waals surface area contributed by atoms with E-state index in [2.05, 4.69) is 110 Å². The molecule has 2 aromatic heterocycles. The molecule has 0 aliphatic heterocycles. The van der Waals surface area contributed by atoms with E-state index in [0.717, 1.165) is 64.2 Å². The molecule has 10 rings (SSSR count). The number of carboxylic acid groups (broad SMARTS) is 2. The molecule has 13 heteroatoms. The molecule has 4 fully saturated rings. The molecule has 0 saturated heterocycles. The van der Waals surface area contributed by atoms with E-state index in [0.29, 0.717) is 22.2 Å². The third kappa shape index (κ3) is 11.4. The van der Waals surface area contributed by atoms with Gasteiger partial charge in [0.05, 0.1) is 6.42 Å². The van der Waals surface area contributed by atoms with Gasteiger partial charge in [0.1, 0.15) is 0 Å². The third-order valence-electron chi connectivity index (χ3n) is 18.5. The second-order valence-corrected chi connectivity index (χ2v) is 23.0. The first kappa shape index (κ1) is 55.5. The van der Waals surface area contributed by atoms with Gasteiger partial charge in [0.15, 0.2) is 6.10 Å². The summed E-state index contributed by atoms with van der Waals surface area (Å²) in [6.07, 6.45) is 33.2. The molecule has 7 unspecified atom stereocenters. The minimum absolute atomic E-state index is 0. The van der Waals surface area contributed by atoms with Gasteiger partial charge in [-0.3, -0.25) is 14.8 Å². The zero-order chi connectivity index (χ0) is 46.9. The van der Waals surface area contributed by atoms with Crippen LogP contribution in [0.25, 0.3) is 5.57 Å². The van der Waals surface area contributed by atoms with Gasteiger partial charge in [-0.05, 0) is 210 Å². The van der Waals surface area contributed by atoms with Crippen LogP contribution >= 0.6 is 28.3 Å².